The Kier molecular flexibility index (Phi) is 6.60. The summed E-state index contributed by atoms with van der Waals surface area (Å²) in [5.41, 5.74) is 0. The zero-order valence-corrected chi connectivity index (χ0v) is 11.7. The first-order valence-electron chi connectivity index (χ1n) is 6.73. The number of rotatable bonds is 10. The van der Waals surface area contributed by atoms with Crippen LogP contribution in [0.1, 0.15) is 26.7 Å². The van der Waals surface area contributed by atoms with E-state index in [1.165, 1.54) is 0 Å². The van der Waals surface area contributed by atoms with E-state index in [1.807, 2.05) is 0 Å². The molecule has 0 radical (unpaired) electrons. The van der Waals surface area contributed by atoms with Gasteiger partial charge in [-0.05, 0) is 18.8 Å². The Hall–Kier alpha value is -0.650. The normalized spacial score (nSPS) is 17.4. The molecule has 0 aromatic heterocycles. The molecule has 106 valence electrons. The molecule has 0 aromatic rings. The molecule has 1 atom stereocenters. The molecule has 1 unspecified atom stereocenters. The van der Waals surface area contributed by atoms with Crippen molar-refractivity contribution in [2.24, 2.45) is 5.92 Å². The van der Waals surface area contributed by atoms with E-state index in [-0.39, 0.29) is 0 Å². The van der Waals surface area contributed by atoms with Gasteiger partial charge in [0.2, 0.25) is 0 Å². The van der Waals surface area contributed by atoms with E-state index in [4.69, 9.17) is 4.74 Å². The first kappa shape index (κ1) is 15.4. The van der Waals surface area contributed by atoms with Gasteiger partial charge in [-0.2, -0.15) is 0 Å². The third kappa shape index (κ3) is 6.33. The quantitative estimate of drug-likeness (QED) is 0.607. The third-order valence-electron chi connectivity index (χ3n) is 2.99. The lowest BCUT2D eigenvalue weighted by molar-refractivity contribution is -0.140. The Morgan fingerprint density at radius 1 is 1.44 bits per heavy atom. The average molecular weight is 258 g/mol. The van der Waals surface area contributed by atoms with Crippen molar-refractivity contribution in [3.05, 3.63) is 0 Å². The second kappa shape index (κ2) is 7.71. The van der Waals surface area contributed by atoms with Gasteiger partial charge < -0.3 is 15.2 Å². The van der Waals surface area contributed by atoms with Crippen LogP contribution < -0.4 is 5.32 Å². The second-order valence-electron chi connectivity index (χ2n) is 5.48. The van der Waals surface area contributed by atoms with Gasteiger partial charge >= 0.3 is 5.97 Å². The molecule has 0 heterocycles. The van der Waals surface area contributed by atoms with Crippen molar-refractivity contribution in [2.75, 3.05) is 33.4 Å². The molecule has 0 aliphatic heterocycles. The van der Waals surface area contributed by atoms with Crippen molar-refractivity contribution in [1.29, 1.82) is 0 Å². The van der Waals surface area contributed by atoms with E-state index in [2.05, 4.69) is 24.1 Å². The molecule has 1 saturated carbocycles. The number of ether oxygens (including phenoxy) is 1. The fraction of sp³-hybridized carbons (Fsp3) is 0.923. The number of nitrogens with zero attached hydrogens (tertiary/aromatic N) is 1. The Labute approximate surface area is 109 Å². The number of methoxy groups -OCH3 is 1. The van der Waals surface area contributed by atoms with Crippen molar-refractivity contribution in [2.45, 2.75) is 38.8 Å². The number of carbonyl (C=O) groups is 1. The summed E-state index contributed by atoms with van der Waals surface area (Å²) in [4.78, 5) is 13.4. The Bertz CT molecular complexity index is 255. The maximum atomic E-state index is 11.2. The number of carboxylic acids is 1. The van der Waals surface area contributed by atoms with Gasteiger partial charge in [0.25, 0.3) is 0 Å². The molecule has 0 bridgehead atoms. The number of carboxylic acid groups (broad SMARTS) is 1. The van der Waals surface area contributed by atoms with Crippen molar-refractivity contribution < 1.29 is 14.6 Å². The molecular weight excluding hydrogens is 232 g/mol. The first-order valence-corrected chi connectivity index (χ1v) is 6.73. The predicted octanol–water partition coefficient (Wildman–Crippen LogP) is 0.796. The standard InChI is InChI=1S/C13H26N2O3/c1-10(2)8-15(6-7-18-3)9-12(13(16)17)14-11-4-5-11/h10-12,14H,4-9H2,1-3H3,(H,16,17). The zero-order valence-electron chi connectivity index (χ0n) is 11.7. The lowest BCUT2D eigenvalue weighted by Crippen LogP contribution is -2.48. The molecule has 2 N–H and O–H groups in total. The average Bonchev–Trinajstić information content (AvgIpc) is 3.07. The third-order valence-corrected chi connectivity index (χ3v) is 2.99. The lowest BCUT2D eigenvalue weighted by atomic mass is 10.2. The summed E-state index contributed by atoms with van der Waals surface area (Å²) in [5.74, 6) is -0.231. The first-order chi connectivity index (χ1) is 8.52. The fourth-order valence-corrected chi connectivity index (χ4v) is 1.99. The molecule has 1 rings (SSSR count). The monoisotopic (exact) mass is 258 g/mol. The van der Waals surface area contributed by atoms with Crippen molar-refractivity contribution in [3.8, 4) is 0 Å². The van der Waals surface area contributed by atoms with Crippen molar-refractivity contribution in [1.82, 2.24) is 10.2 Å². The van der Waals surface area contributed by atoms with Crippen LogP contribution in [0.5, 0.6) is 0 Å². The number of hydrogen-bond donors (Lipinski definition) is 2. The number of nitrogens with one attached hydrogen (secondary N) is 1. The predicted molar refractivity (Wildman–Crippen MR) is 70.7 cm³/mol. The highest BCUT2D eigenvalue weighted by molar-refractivity contribution is 5.73. The van der Waals surface area contributed by atoms with E-state index in [9.17, 15) is 9.90 Å². The topological polar surface area (TPSA) is 61.8 Å². The van der Waals surface area contributed by atoms with Gasteiger partial charge in [-0.3, -0.25) is 9.69 Å². The van der Waals surface area contributed by atoms with Crippen LogP contribution in [-0.4, -0.2) is 61.4 Å². The van der Waals surface area contributed by atoms with Gasteiger partial charge in [-0.15, -0.1) is 0 Å². The van der Waals surface area contributed by atoms with Crippen molar-refractivity contribution >= 4 is 5.97 Å². The van der Waals surface area contributed by atoms with Gasteiger partial charge in [-0.25, -0.2) is 0 Å². The van der Waals surface area contributed by atoms with Crippen LogP contribution in [-0.2, 0) is 9.53 Å². The van der Waals surface area contributed by atoms with Crippen LogP contribution >= 0.6 is 0 Å². The van der Waals surface area contributed by atoms with Gasteiger partial charge in [0.1, 0.15) is 6.04 Å². The summed E-state index contributed by atoms with van der Waals surface area (Å²) < 4.78 is 5.08. The summed E-state index contributed by atoms with van der Waals surface area (Å²) in [6, 6.07) is -0.0532. The molecule has 0 aromatic carbocycles. The van der Waals surface area contributed by atoms with E-state index in [0.29, 0.717) is 25.1 Å². The number of hydrogen-bond acceptors (Lipinski definition) is 4. The summed E-state index contributed by atoms with van der Waals surface area (Å²) in [7, 11) is 1.67. The van der Waals surface area contributed by atoms with E-state index >= 15 is 0 Å². The smallest absolute Gasteiger partial charge is 0.322 e. The zero-order chi connectivity index (χ0) is 13.5. The molecule has 18 heavy (non-hydrogen) atoms. The molecule has 5 nitrogen and oxygen atoms in total. The van der Waals surface area contributed by atoms with Crippen LogP contribution in [0.4, 0.5) is 0 Å². The Balaban J connectivity index is 2.44. The van der Waals surface area contributed by atoms with E-state index < -0.39 is 12.0 Å². The van der Waals surface area contributed by atoms with Crippen LogP contribution in [0.3, 0.4) is 0 Å². The minimum absolute atomic E-state index is 0.412. The second-order valence-corrected chi connectivity index (χ2v) is 5.48. The van der Waals surface area contributed by atoms with Crippen molar-refractivity contribution in [3.63, 3.8) is 0 Å². The minimum atomic E-state index is -0.756. The van der Waals surface area contributed by atoms with E-state index in [0.717, 1.165) is 25.9 Å². The van der Waals surface area contributed by atoms with Crippen LogP contribution in [0.25, 0.3) is 0 Å². The Morgan fingerprint density at radius 2 is 2.11 bits per heavy atom. The van der Waals surface area contributed by atoms with Gasteiger partial charge in [0, 0.05) is 32.8 Å². The molecule has 5 heteroatoms. The molecule has 1 aliphatic rings. The highest BCUT2D eigenvalue weighted by Crippen LogP contribution is 2.19. The maximum Gasteiger partial charge on any atom is 0.322 e. The van der Waals surface area contributed by atoms with Crippen LogP contribution in [0, 0.1) is 5.92 Å². The molecule has 1 fully saturated rings. The SMILES string of the molecule is COCCN(CC(C)C)CC(NC1CC1)C(=O)O. The van der Waals surface area contributed by atoms with Crippen LogP contribution in [0.15, 0.2) is 0 Å². The van der Waals surface area contributed by atoms with Crippen LogP contribution in [0.2, 0.25) is 0 Å². The summed E-state index contributed by atoms with van der Waals surface area (Å²) in [6.45, 7) is 7.16. The highest BCUT2D eigenvalue weighted by atomic mass is 16.5. The highest BCUT2D eigenvalue weighted by Gasteiger charge is 2.29. The van der Waals surface area contributed by atoms with Gasteiger partial charge in [0.15, 0.2) is 0 Å². The van der Waals surface area contributed by atoms with E-state index in [1.54, 1.807) is 7.11 Å². The summed E-state index contributed by atoms with van der Waals surface area (Å²) in [6.07, 6.45) is 2.21. The number of aliphatic carboxylic acids is 1. The Morgan fingerprint density at radius 3 is 2.56 bits per heavy atom. The minimum Gasteiger partial charge on any atom is -0.480 e. The maximum absolute atomic E-state index is 11.2. The molecular formula is C13H26N2O3. The molecule has 0 saturated heterocycles. The summed E-state index contributed by atoms with van der Waals surface area (Å²) in [5, 5.41) is 12.4. The molecule has 1 aliphatic carbocycles. The van der Waals surface area contributed by atoms with Gasteiger partial charge in [0.05, 0.1) is 6.61 Å². The summed E-state index contributed by atoms with van der Waals surface area (Å²) >= 11 is 0. The fourth-order valence-electron chi connectivity index (χ4n) is 1.99. The van der Waals surface area contributed by atoms with Gasteiger partial charge in [-0.1, -0.05) is 13.8 Å². The molecule has 0 amide bonds. The lowest BCUT2D eigenvalue weighted by Gasteiger charge is -2.27. The molecule has 0 spiro atoms. The largest absolute Gasteiger partial charge is 0.480 e.